The molecule has 0 amide bonds. The summed E-state index contributed by atoms with van der Waals surface area (Å²) < 4.78 is 0. The van der Waals surface area contributed by atoms with Crippen LogP contribution in [0.3, 0.4) is 0 Å². The first-order valence-corrected chi connectivity index (χ1v) is 8.40. The number of carbonyl (C=O) groups is 1. The average Bonchev–Trinajstić information content (AvgIpc) is 3.23. The summed E-state index contributed by atoms with van der Waals surface area (Å²) in [6, 6.07) is 19.3. The van der Waals surface area contributed by atoms with E-state index in [1.165, 1.54) is 12.8 Å². The highest BCUT2D eigenvalue weighted by atomic mass is 16.7. The molecule has 1 saturated heterocycles. The van der Waals surface area contributed by atoms with Crippen molar-refractivity contribution in [2.45, 2.75) is 43.7 Å². The molecule has 3 nitrogen and oxygen atoms in total. The molecule has 1 aliphatic heterocycles. The van der Waals surface area contributed by atoms with E-state index in [0.717, 1.165) is 30.5 Å². The maximum absolute atomic E-state index is 13.0. The number of hydrogen-bond donors (Lipinski definition) is 0. The van der Waals surface area contributed by atoms with Crippen LogP contribution in [0.1, 0.15) is 42.5 Å². The Balaban J connectivity index is 1.68. The van der Waals surface area contributed by atoms with Gasteiger partial charge in [-0.1, -0.05) is 61.4 Å². The molecule has 2 aliphatic rings. The number of Topliss-reactive ketones (excluding diaryl/α,β-unsaturated/α-hetero) is 1. The number of hydrogen-bond acceptors (Lipinski definition) is 3. The lowest BCUT2D eigenvalue weighted by molar-refractivity contribution is -0.00749. The monoisotopic (exact) mass is 307 g/mol. The molecule has 4 rings (SSSR count). The molecular weight excluding hydrogens is 286 g/mol. The molecule has 2 fully saturated rings. The van der Waals surface area contributed by atoms with Crippen molar-refractivity contribution in [2.24, 2.45) is 0 Å². The molecule has 1 unspecified atom stereocenters. The van der Waals surface area contributed by atoms with Crippen LogP contribution in [-0.2, 0) is 4.84 Å². The summed E-state index contributed by atoms with van der Waals surface area (Å²) in [5, 5.41) is 1.86. The van der Waals surface area contributed by atoms with E-state index in [1.54, 1.807) is 0 Å². The van der Waals surface area contributed by atoms with Crippen molar-refractivity contribution in [3.05, 3.63) is 66.2 Å². The number of nitrogens with zero attached hydrogens (tertiary/aromatic N) is 1. The Hall–Kier alpha value is -2.13. The van der Waals surface area contributed by atoms with E-state index in [9.17, 15) is 4.79 Å². The lowest BCUT2D eigenvalue weighted by Gasteiger charge is -2.26. The standard InChI is InChI=1S/C20H21NO2/c22-19(16-9-3-1-4-10-16)18-15-20(13-7-8-14-20)23-21(18)17-11-5-2-6-12-17/h1-6,9-12,18H,7-8,13-15H2. The fourth-order valence-corrected chi connectivity index (χ4v) is 3.86. The van der Waals surface area contributed by atoms with Gasteiger partial charge in [0.1, 0.15) is 6.04 Å². The van der Waals surface area contributed by atoms with E-state index >= 15 is 0 Å². The molecule has 118 valence electrons. The molecule has 23 heavy (non-hydrogen) atoms. The third kappa shape index (κ3) is 2.66. The highest BCUT2D eigenvalue weighted by Crippen LogP contribution is 2.45. The second-order valence-electron chi connectivity index (χ2n) is 6.59. The van der Waals surface area contributed by atoms with Crippen LogP contribution >= 0.6 is 0 Å². The quantitative estimate of drug-likeness (QED) is 0.788. The molecule has 2 aromatic carbocycles. The highest BCUT2D eigenvalue weighted by molar-refractivity contribution is 6.02. The van der Waals surface area contributed by atoms with E-state index in [0.29, 0.717) is 0 Å². The summed E-state index contributed by atoms with van der Waals surface area (Å²) in [5.41, 5.74) is 1.58. The predicted molar refractivity (Wildman–Crippen MR) is 90.4 cm³/mol. The number of benzene rings is 2. The second kappa shape index (κ2) is 5.82. The largest absolute Gasteiger partial charge is 0.292 e. The van der Waals surface area contributed by atoms with Gasteiger partial charge >= 0.3 is 0 Å². The van der Waals surface area contributed by atoms with Crippen LogP contribution in [-0.4, -0.2) is 17.4 Å². The van der Waals surface area contributed by atoms with Crippen LogP contribution < -0.4 is 5.06 Å². The van der Waals surface area contributed by atoms with E-state index in [1.807, 2.05) is 65.7 Å². The Morgan fingerprint density at radius 2 is 1.57 bits per heavy atom. The zero-order valence-electron chi connectivity index (χ0n) is 13.2. The van der Waals surface area contributed by atoms with Crippen LogP contribution in [0.5, 0.6) is 0 Å². The van der Waals surface area contributed by atoms with Crippen LogP contribution in [0.4, 0.5) is 5.69 Å². The molecule has 1 atom stereocenters. The summed E-state index contributed by atoms with van der Waals surface area (Å²) in [6.45, 7) is 0. The fraction of sp³-hybridized carbons (Fsp3) is 0.350. The summed E-state index contributed by atoms with van der Waals surface area (Å²) in [5.74, 6) is 0.151. The first-order valence-electron chi connectivity index (χ1n) is 8.40. The second-order valence-corrected chi connectivity index (χ2v) is 6.59. The zero-order chi connectivity index (χ0) is 15.7. The Labute approximate surface area is 136 Å². The summed E-state index contributed by atoms with van der Waals surface area (Å²) in [7, 11) is 0. The highest BCUT2D eigenvalue weighted by Gasteiger charge is 2.50. The molecule has 0 bridgehead atoms. The van der Waals surface area contributed by atoms with E-state index in [-0.39, 0.29) is 17.4 Å². The number of ketones is 1. The SMILES string of the molecule is O=C(c1ccccc1)C1CC2(CCCC2)ON1c1ccccc1. The first kappa shape index (κ1) is 14.5. The lowest BCUT2D eigenvalue weighted by Crippen LogP contribution is -2.35. The number of para-hydroxylation sites is 1. The van der Waals surface area contributed by atoms with Crippen molar-refractivity contribution >= 4 is 11.5 Å². The molecule has 1 aliphatic carbocycles. The van der Waals surface area contributed by atoms with Gasteiger partial charge in [0.2, 0.25) is 0 Å². The van der Waals surface area contributed by atoms with Gasteiger partial charge in [0.05, 0.1) is 11.3 Å². The van der Waals surface area contributed by atoms with E-state index < -0.39 is 0 Å². The van der Waals surface area contributed by atoms with Crippen molar-refractivity contribution in [1.82, 2.24) is 0 Å². The molecule has 1 spiro atoms. The van der Waals surface area contributed by atoms with E-state index in [4.69, 9.17) is 4.84 Å². The van der Waals surface area contributed by atoms with Gasteiger partial charge in [-0.05, 0) is 25.0 Å². The van der Waals surface area contributed by atoms with Crippen LogP contribution in [0, 0.1) is 0 Å². The van der Waals surface area contributed by atoms with Crippen molar-refractivity contribution in [2.75, 3.05) is 5.06 Å². The van der Waals surface area contributed by atoms with Gasteiger partial charge in [0.25, 0.3) is 0 Å². The van der Waals surface area contributed by atoms with Gasteiger partial charge in [-0.3, -0.25) is 9.63 Å². The van der Waals surface area contributed by atoms with Gasteiger partial charge < -0.3 is 0 Å². The smallest absolute Gasteiger partial charge is 0.187 e. The van der Waals surface area contributed by atoms with Crippen molar-refractivity contribution < 1.29 is 9.63 Å². The zero-order valence-corrected chi connectivity index (χ0v) is 13.2. The normalized spacial score (nSPS) is 22.6. The number of carbonyl (C=O) groups excluding carboxylic acids is 1. The lowest BCUT2D eigenvalue weighted by atomic mass is 9.90. The number of rotatable bonds is 3. The molecule has 2 aromatic rings. The van der Waals surface area contributed by atoms with Gasteiger partial charge in [-0.2, -0.15) is 0 Å². The predicted octanol–water partition coefficient (Wildman–Crippen LogP) is 4.39. The fourth-order valence-electron chi connectivity index (χ4n) is 3.86. The third-order valence-electron chi connectivity index (χ3n) is 5.03. The van der Waals surface area contributed by atoms with Gasteiger partial charge in [-0.15, -0.1) is 0 Å². The van der Waals surface area contributed by atoms with Gasteiger partial charge in [-0.25, -0.2) is 5.06 Å². The minimum atomic E-state index is -0.238. The maximum Gasteiger partial charge on any atom is 0.187 e. The molecular formula is C20H21NO2. The molecule has 1 heterocycles. The van der Waals surface area contributed by atoms with Gasteiger partial charge in [0.15, 0.2) is 5.78 Å². The summed E-state index contributed by atoms with van der Waals surface area (Å²) in [6.07, 6.45) is 5.27. The molecule has 0 radical (unpaired) electrons. The number of anilines is 1. The molecule has 3 heteroatoms. The Morgan fingerprint density at radius 1 is 0.957 bits per heavy atom. The van der Waals surface area contributed by atoms with Gasteiger partial charge in [0, 0.05) is 12.0 Å². The Morgan fingerprint density at radius 3 is 2.22 bits per heavy atom. The van der Waals surface area contributed by atoms with Crippen molar-refractivity contribution in [3.63, 3.8) is 0 Å². The molecule has 0 aromatic heterocycles. The minimum Gasteiger partial charge on any atom is -0.292 e. The average molecular weight is 307 g/mol. The van der Waals surface area contributed by atoms with Crippen LogP contribution in [0.2, 0.25) is 0 Å². The number of hydroxylamine groups is 1. The van der Waals surface area contributed by atoms with E-state index in [2.05, 4.69) is 0 Å². The summed E-state index contributed by atoms with van der Waals surface area (Å²) >= 11 is 0. The maximum atomic E-state index is 13.0. The van der Waals surface area contributed by atoms with Crippen molar-refractivity contribution in [1.29, 1.82) is 0 Å². The minimum absolute atomic E-state index is 0.148. The van der Waals surface area contributed by atoms with Crippen molar-refractivity contribution in [3.8, 4) is 0 Å². The topological polar surface area (TPSA) is 29.5 Å². The Bertz CT molecular complexity index is 677. The van der Waals surface area contributed by atoms with Crippen LogP contribution in [0.25, 0.3) is 0 Å². The molecule has 0 N–H and O–H groups in total. The Kier molecular flexibility index (Phi) is 3.66. The molecule has 1 saturated carbocycles. The third-order valence-corrected chi connectivity index (χ3v) is 5.03. The van der Waals surface area contributed by atoms with Crippen LogP contribution in [0.15, 0.2) is 60.7 Å². The summed E-state index contributed by atoms with van der Waals surface area (Å²) in [4.78, 5) is 19.4. The first-order chi connectivity index (χ1) is 11.3.